The fraction of sp³-hybridized carbons (Fsp3) is 0.190. The third kappa shape index (κ3) is 4.98. The van der Waals surface area contributed by atoms with Gasteiger partial charge in [-0.1, -0.05) is 6.07 Å². The van der Waals surface area contributed by atoms with Gasteiger partial charge in [-0.05, 0) is 55.8 Å². The first-order valence-corrected chi connectivity index (χ1v) is 11.0. The van der Waals surface area contributed by atoms with Crippen molar-refractivity contribution in [1.29, 1.82) is 0 Å². The van der Waals surface area contributed by atoms with E-state index in [1.54, 1.807) is 38.4 Å². The van der Waals surface area contributed by atoms with Gasteiger partial charge in [0.2, 0.25) is 16.0 Å². The molecule has 0 fully saturated rings. The Morgan fingerprint density at radius 2 is 1.90 bits per heavy atom. The lowest BCUT2D eigenvalue weighted by atomic mass is 10.1. The van der Waals surface area contributed by atoms with Gasteiger partial charge in [-0.3, -0.25) is 4.99 Å². The summed E-state index contributed by atoms with van der Waals surface area (Å²) in [5, 5.41) is 8.31. The van der Waals surface area contributed by atoms with Gasteiger partial charge in [0.15, 0.2) is 0 Å². The number of nitrogens with two attached hydrogens (primary N) is 2. The number of rotatable bonds is 6. The number of hydrogen-bond acceptors (Lipinski definition) is 8. The van der Waals surface area contributed by atoms with Crippen LogP contribution >= 0.6 is 0 Å². The van der Waals surface area contributed by atoms with Crippen molar-refractivity contribution in [3.05, 3.63) is 59.8 Å². The number of nitrogens with zero attached hydrogens (tertiary/aromatic N) is 4. The van der Waals surface area contributed by atoms with E-state index in [9.17, 15) is 8.42 Å². The lowest BCUT2D eigenvalue weighted by Gasteiger charge is -2.20. The van der Waals surface area contributed by atoms with Gasteiger partial charge in [0, 0.05) is 48.6 Å². The molecule has 0 aliphatic carbocycles. The number of anilines is 5. The average molecular weight is 440 g/mol. The van der Waals surface area contributed by atoms with Crippen molar-refractivity contribution in [3.63, 3.8) is 0 Å². The summed E-state index contributed by atoms with van der Waals surface area (Å²) >= 11 is 0. The minimum absolute atomic E-state index is 0.0484. The van der Waals surface area contributed by atoms with E-state index in [-0.39, 0.29) is 4.90 Å². The van der Waals surface area contributed by atoms with Crippen LogP contribution in [0.4, 0.5) is 28.8 Å². The molecule has 31 heavy (non-hydrogen) atoms. The van der Waals surface area contributed by atoms with E-state index < -0.39 is 10.0 Å². The number of hydrogen-bond donors (Lipinski definition) is 3. The Morgan fingerprint density at radius 3 is 2.55 bits per heavy atom. The molecule has 10 heteroatoms. The zero-order valence-electron chi connectivity index (χ0n) is 17.8. The maximum Gasteiger partial charge on any atom is 0.238 e. The summed E-state index contributed by atoms with van der Waals surface area (Å²) in [4.78, 5) is 14.8. The maximum atomic E-state index is 11.8. The summed E-state index contributed by atoms with van der Waals surface area (Å²) < 4.78 is 23.5. The molecule has 0 aliphatic heterocycles. The minimum atomic E-state index is -3.83. The van der Waals surface area contributed by atoms with Crippen molar-refractivity contribution < 1.29 is 8.42 Å². The van der Waals surface area contributed by atoms with Crippen LogP contribution in [0.25, 0.3) is 0 Å². The van der Waals surface area contributed by atoms with Gasteiger partial charge in [0.05, 0.1) is 4.90 Å². The largest absolute Gasteiger partial charge is 0.398 e. The molecule has 0 atom stereocenters. The van der Waals surface area contributed by atoms with Crippen LogP contribution in [0.2, 0.25) is 0 Å². The second-order valence-corrected chi connectivity index (χ2v) is 8.56. The maximum absolute atomic E-state index is 11.8. The van der Waals surface area contributed by atoms with Crippen molar-refractivity contribution >= 4 is 44.6 Å². The highest BCUT2D eigenvalue weighted by atomic mass is 32.2. The number of benzene rings is 2. The topological polar surface area (TPSA) is 140 Å². The summed E-state index contributed by atoms with van der Waals surface area (Å²) in [7, 11) is -0.237. The smallest absolute Gasteiger partial charge is 0.238 e. The predicted molar refractivity (Wildman–Crippen MR) is 125 cm³/mol. The first-order valence-electron chi connectivity index (χ1n) is 9.40. The van der Waals surface area contributed by atoms with Crippen molar-refractivity contribution in [3.8, 4) is 0 Å². The molecule has 0 bridgehead atoms. The molecular formula is C21H25N7O2S. The molecule has 3 aromatic rings. The Labute approximate surface area is 181 Å². The summed E-state index contributed by atoms with van der Waals surface area (Å²) in [6.45, 7) is 3.59. The summed E-state index contributed by atoms with van der Waals surface area (Å²) in [5.74, 6) is 0.941. The van der Waals surface area contributed by atoms with Crippen LogP contribution in [0.3, 0.4) is 0 Å². The quantitative estimate of drug-likeness (QED) is 0.396. The lowest BCUT2D eigenvalue weighted by Crippen LogP contribution is -2.14. The number of aryl methyl sites for hydroxylation is 1. The third-order valence-corrected chi connectivity index (χ3v) is 5.94. The molecule has 0 amide bonds. The molecule has 1 aromatic heterocycles. The average Bonchev–Trinajstić information content (AvgIpc) is 2.73. The summed E-state index contributed by atoms with van der Waals surface area (Å²) in [6.07, 6.45) is 1.61. The molecule has 0 unspecified atom stereocenters. The Bertz CT molecular complexity index is 1260. The molecule has 3 rings (SSSR count). The molecule has 5 N–H and O–H groups in total. The van der Waals surface area contributed by atoms with Gasteiger partial charge < -0.3 is 16.0 Å². The van der Waals surface area contributed by atoms with Crippen molar-refractivity contribution in [2.45, 2.75) is 18.7 Å². The zero-order valence-corrected chi connectivity index (χ0v) is 18.6. The van der Waals surface area contributed by atoms with Gasteiger partial charge in [-0.15, -0.1) is 0 Å². The van der Waals surface area contributed by atoms with Crippen LogP contribution in [0.15, 0.2) is 58.5 Å². The lowest BCUT2D eigenvalue weighted by molar-refractivity contribution is 0.597. The van der Waals surface area contributed by atoms with Crippen molar-refractivity contribution in [2.75, 3.05) is 30.0 Å². The number of nitrogen functional groups attached to an aromatic ring is 1. The molecule has 1 heterocycles. The van der Waals surface area contributed by atoms with Crippen LogP contribution in [0.1, 0.15) is 18.1 Å². The van der Waals surface area contributed by atoms with Gasteiger partial charge in [0.25, 0.3) is 0 Å². The Kier molecular flexibility index (Phi) is 6.23. The van der Waals surface area contributed by atoms with Gasteiger partial charge in [-0.2, -0.15) is 4.98 Å². The standard InChI is InChI=1S/C21H25N7O2S/c1-13-5-6-15(11-19(13)31(23,29)30)26-21-25-10-9-20(27-21)28(4)16-7-8-17(14(2)24-3)18(22)12-16/h5-12H,22H2,1-4H3,(H2,23,29,30)(H,25,26,27). The van der Waals surface area contributed by atoms with Crippen LogP contribution in [0.5, 0.6) is 0 Å². The summed E-state index contributed by atoms with van der Waals surface area (Å²) in [5.41, 5.74) is 10.5. The van der Waals surface area contributed by atoms with Crippen LogP contribution in [0, 0.1) is 6.92 Å². The number of aromatic nitrogens is 2. The Hall–Kier alpha value is -3.50. The van der Waals surface area contributed by atoms with E-state index in [1.807, 2.05) is 37.1 Å². The third-order valence-electron chi connectivity index (χ3n) is 4.88. The van der Waals surface area contributed by atoms with E-state index in [0.29, 0.717) is 28.7 Å². The van der Waals surface area contributed by atoms with Crippen molar-refractivity contribution in [2.24, 2.45) is 10.1 Å². The van der Waals surface area contributed by atoms with Gasteiger partial charge in [0.1, 0.15) is 5.82 Å². The first-order chi connectivity index (χ1) is 14.6. The molecule has 2 aromatic carbocycles. The van der Waals surface area contributed by atoms with E-state index in [4.69, 9.17) is 10.9 Å². The highest BCUT2D eigenvalue weighted by Gasteiger charge is 2.14. The predicted octanol–water partition coefficient (Wildman–Crippen LogP) is 2.96. The second kappa shape index (κ2) is 8.70. The van der Waals surface area contributed by atoms with Crippen LogP contribution in [-0.2, 0) is 10.0 Å². The Balaban J connectivity index is 1.88. The van der Waals surface area contributed by atoms with Crippen LogP contribution < -0.4 is 21.1 Å². The number of sulfonamides is 1. The SMILES string of the molecule is CN=C(C)c1ccc(N(C)c2ccnc(Nc3ccc(C)c(S(N)(=O)=O)c3)n2)cc1N. The van der Waals surface area contributed by atoms with E-state index >= 15 is 0 Å². The minimum Gasteiger partial charge on any atom is -0.398 e. The molecule has 162 valence electrons. The Morgan fingerprint density at radius 1 is 1.16 bits per heavy atom. The molecule has 0 saturated heterocycles. The molecule has 0 radical (unpaired) electrons. The fourth-order valence-corrected chi connectivity index (χ4v) is 3.86. The molecule has 0 saturated carbocycles. The van der Waals surface area contributed by atoms with E-state index in [0.717, 1.165) is 17.0 Å². The van der Waals surface area contributed by atoms with Gasteiger partial charge in [-0.25, -0.2) is 18.5 Å². The van der Waals surface area contributed by atoms with E-state index in [2.05, 4.69) is 20.3 Å². The van der Waals surface area contributed by atoms with Crippen molar-refractivity contribution in [1.82, 2.24) is 9.97 Å². The van der Waals surface area contributed by atoms with E-state index in [1.165, 1.54) is 6.07 Å². The van der Waals surface area contributed by atoms with Crippen LogP contribution in [-0.4, -0.2) is 38.2 Å². The second-order valence-electron chi connectivity index (χ2n) is 7.03. The molecule has 9 nitrogen and oxygen atoms in total. The monoisotopic (exact) mass is 439 g/mol. The first kappa shape index (κ1) is 22.2. The number of primary sulfonamides is 1. The highest BCUT2D eigenvalue weighted by molar-refractivity contribution is 7.89. The molecule has 0 spiro atoms. The number of nitrogens with one attached hydrogen (secondary N) is 1. The van der Waals surface area contributed by atoms with Gasteiger partial charge >= 0.3 is 0 Å². The zero-order chi connectivity index (χ0) is 22.8. The molecule has 0 aliphatic rings. The fourth-order valence-electron chi connectivity index (χ4n) is 3.05. The normalized spacial score (nSPS) is 12.0. The summed E-state index contributed by atoms with van der Waals surface area (Å²) in [6, 6.07) is 12.3. The molecular weight excluding hydrogens is 414 g/mol. The highest BCUT2D eigenvalue weighted by Crippen LogP contribution is 2.27. The number of aliphatic imine (C=N–C) groups is 1.